The number of hydrogen-bond donors (Lipinski definition) is 2. The first-order valence-corrected chi connectivity index (χ1v) is 5.39. The third-order valence-corrected chi connectivity index (χ3v) is 2.72. The molecule has 0 aliphatic heterocycles. The number of hydrogen-bond acceptors (Lipinski definition) is 2. The fraction of sp³-hybridized carbons (Fsp3) is 1.00. The highest BCUT2D eigenvalue weighted by Gasteiger charge is 2.08. The molecule has 0 aromatic rings. The van der Waals surface area contributed by atoms with E-state index >= 15 is 0 Å². The van der Waals surface area contributed by atoms with E-state index in [1.807, 2.05) is 0 Å². The summed E-state index contributed by atoms with van der Waals surface area (Å²) in [6.07, 6.45) is 0. The predicted molar refractivity (Wildman–Crippen MR) is 49.9 cm³/mol. The molecular weight excluding hydrogens is 140 g/mol. The molecule has 0 unspecified atom stereocenters. The highest BCUT2D eigenvalue weighted by atomic mass is 28.2. The molecule has 0 saturated carbocycles. The second kappa shape index (κ2) is 4.88. The normalized spacial score (nSPS) is 13.2. The van der Waals surface area contributed by atoms with E-state index in [0.29, 0.717) is 5.04 Å². The van der Waals surface area contributed by atoms with Crippen molar-refractivity contribution in [3.05, 3.63) is 0 Å². The summed E-state index contributed by atoms with van der Waals surface area (Å²) in [7, 11) is -0.0832. The van der Waals surface area contributed by atoms with Gasteiger partial charge >= 0.3 is 0 Å². The van der Waals surface area contributed by atoms with Gasteiger partial charge in [-0.3, -0.25) is 0 Å². The molecule has 0 fully saturated rings. The lowest BCUT2D eigenvalue weighted by Crippen LogP contribution is -2.35. The van der Waals surface area contributed by atoms with E-state index in [4.69, 9.17) is 0 Å². The molecule has 0 rings (SSSR count). The Labute approximate surface area is 66.7 Å². The van der Waals surface area contributed by atoms with E-state index in [1.165, 1.54) is 0 Å². The minimum atomic E-state index is -0.0832. The summed E-state index contributed by atoms with van der Waals surface area (Å²) >= 11 is 0. The summed E-state index contributed by atoms with van der Waals surface area (Å²) in [4.78, 5) is 3.45. The maximum absolute atomic E-state index is 3.45. The third-order valence-electron chi connectivity index (χ3n) is 1.16. The van der Waals surface area contributed by atoms with Crippen LogP contribution in [-0.2, 0) is 0 Å². The third kappa shape index (κ3) is 8.14. The van der Waals surface area contributed by atoms with Gasteiger partial charge in [0.2, 0.25) is 0 Å². The molecule has 0 aliphatic rings. The van der Waals surface area contributed by atoms with E-state index in [-0.39, 0.29) is 9.68 Å². The summed E-state index contributed by atoms with van der Waals surface area (Å²) in [5, 5.41) is 3.78. The van der Waals surface area contributed by atoms with Crippen molar-refractivity contribution in [3.63, 3.8) is 0 Å². The van der Waals surface area contributed by atoms with Crippen LogP contribution in [0.25, 0.3) is 0 Å². The summed E-state index contributed by atoms with van der Waals surface area (Å²) < 4.78 is 0. The van der Waals surface area contributed by atoms with Gasteiger partial charge in [0.25, 0.3) is 0 Å². The first-order valence-electron chi connectivity index (χ1n) is 3.97. The van der Waals surface area contributed by atoms with Gasteiger partial charge in [-0.25, -0.2) is 0 Å². The van der Waals surface area contributed by atoms with Crippen molar-refractivity contribution >= 4 is 9.68 Å². The van der Waals surface area contributed by atoms with E-state index in [2.05, 4.69) is 38.0 Å². The van der Waals surface area contributed by atoms with Gasteiger partial charge in [-0.05, 0) is 11.6 Å². The fourth-order valence-electron chi connectivity index (χ4n) is 0.651. The molecule has 62 valence electrons. The molecule has 0 aliphatic carbocycles. The van der Waals surface area contributed by atoms with Gasteiger partial charge in [-0.15, -0.1) is 0 Å². The summed E-state index contributed by atoms with van der Waals surface area (Å²) in [5.41, 5.74) is 0. The molecule has 0 atom stereocenters. The fourth-order valence-corrected chi connectivity index (χ4v) is 1.70. The second-order valence-corrected chi connectivity index (χ2v) is 6.74. The van der Waals surface area contributed by atoms with Crippen LogP contribution < -0.4 is 10.3 Å². The van der Waals surface area contributed by atoms with Gasteiger partial charge in [0, 0.05) is 6.67 Å². The van der Waals surface area contributed by atoms with Gasteiger partial charge in [-0.1, -0.05) is 27.7 Å². The van der Waals surface area contributed by atoms with Crippen molar-refractivity contribution < 1.29 is 0 Å². The van der Waals surface area contributed by atoms with Gasteiger partial charge in [-0.2, -0.15) is 0 Å². The molecule has 3 heteroatoms. The Morgan fingerprint density at radius 1 is 1.30 bits per heavy atom. The largest absolute Gasteiger partial charge is 0.330 e. The summed E-state index contributed by atoms with van der Waals surface area (Å²) in [5.74, 6) is 0. The molecule has 0 aromatic carbocycles. The maximum Gasteiger partial charge on any atom is 0.0983 e. The average Bonchev–Trinajstić information content (AvgIpc) is 1.78. The number of rotatable bonds is 4. The molecule has 0 spiro atoms. The monoisotopic (exact) mass is 160 g/mol. The molecular formula is C7H20N2Si. The van der Waals surface area contributed by atoms with Gasteiger partial charge in [0.15, 0.2) is 0 Å². The van der Waals surface area contributed by atoms with E-state index in [0.717, 1.165) is 13.2 Å². The molecule has 2 nitrogen and oxygen atoms in total. The van der Waals surface area contributed by atoms with Crippen LogP contribution in [-0.4, -0.2) is 22.9 Å². The van der Waals surface area contributed by atoms with Gasteiger partial charge in [0.1, 0.15) is 0 Å². The Kier molecular flexibility index (Phi) is 4.94. The van der Waals surface area contributed by atoms with Gasteiger partial charge in [0.05, 0.1) is 9.68 Å². The smallest absolute Gasteiger partial charge is 0.0983 e. The van der Waals surface area contributed by atoms with E-state index in [1.54, 1.807) is 0 Å². The van der Waals surface area contributed by atoms with E-state index in [9.17, 15) is 0 Å². The molecule has 0 bridgehead atoms. The lowest BCUT2D eigenvalue weighted by atomic mass is 10.3. The standard InChI is InChI=1S/C7H20N2Si/c1-5-8-6-9-10-7(2,3)4/h8-9H,5-6,10H2,1-4H3. The van der Waals surface area contributed by atoms with Crippen molar-refractivity contribution in [2.75, 3.05) is 13.2 Å². The topological polar surface area (TPSA) is 24.1 Å². The zero-order chi connectivity index (χ0) is 8.04. The van der Waals surface area contributed by atoms with Crippen molar-refractivity contribution in [1.29, 1.82) is 0 Å². The Morgan fingerprint density at radius 3 is 2.30 bits per heavy atom. The molecule has 0 aromatic heterocycles. The van der Waals surface area contributed by atoms with Crippen LogP contribution >= 0.6 is 0 Å². The Balaban J connectivity index is 3.04. The average molecular weight is 160 g/mol. The maximum atomic E-state index is 3.45. The highest BCUT2D eigenvalue weighted by molar-refractivity contribution is 6.36. The van der Waals surface area contributed by atoms with Crippen molar-refractivity contribution in [3.8, 4) is 0 Å². The van der Waals surface area contributed by atoms with Gasteiger partial charge < -0.3 is 10.3 Å². The molecule has 0 heterocycles. The van der Waals surface area contributed by atoms with E-state index < -0.39 is 0 Å². The first kappa shape index (κ1) is 10.1. The highest BCUT2D eigenvalue weighted by Crippen LogP contribution is 2.17. The Bertz CT molecular complexity index is 78.2. The minimum absolute atomic E-state index is 0.0832. The molecule has 0 radical (unpaired) electrons. The van der Waals surface area contributed by atoms with Crippen LogP contribution in [0.1, 0.15) is 27.7 Å². The second-order valence-electron chi connectivity index (χ2n) is 3.77. The van der Waals surface area contributed by atoms with Crippen LogP contribution in [0.15, 0.2) is 0 Å². The lowest BCUT2D eigenvalue weighted by molar-refractivity contribution is 0.671. The predicted octanol–water partition coefficient (Wildman–Crippen LogP) is 0.445. The van der Waals surface area contributed by atoms with Crippen LogP contribution in [0.3, 0.4) is 0 Å². The molecule has 0 saturated heterocycles. The molecule has 2 N–H and O–H groups in total. The van der Waals surface area contributed by atoms with Crippen molar-refractivity contribution in [1.82, 2.24) is 10.3 Å². The number of nitrogens with one attached hydrogen (secondary N) is 2. The molecule has 10 heavy (non-hydrogen) atoms. The first-order chi connectivity index (χ1) is 4.56. The Hall–Kier alpha value is 0.137. The van der Waals surface area contributed by atoms with Crippen LogP contribution in [0.5, 0.6) is 0 Å². The zero-order valence-electron chi connectivity index (χ0n) is 7.62. The van der Waals surface area contributed by atoms with Crippen molar-refractivity contribution in [2.24, 2.45) is 0 Å². The van der Waals surface area contributed by atoms with Crippen LogP contribution in [0.2, 0.25) is 5.04 Å². The van der Waals surface area contributed by atoms with Crippen molar-refractivity contribution in [2.45, 2.75) is 32.7 Å². The Morgan fingerprint density at radius 2 is 1.90 bits per heavy atom. The van der Waals surface area contributed by atoms with Crippen LogP contribution in [0.4, 0.5) is 0 Å². The zero-order valence-corrected chi connectivity index (χ0v) is 9.04. The quantitative estimate of drug-likeness (QED) is 0.354. The molecule has 0 amide bonds. The summed E-state index contributed by atoms with van der Waals surface area (Å²) in [6, 6.07) is 0. The minimum Gasteiger partial charge on any atom is -0.330 e. The lowest BCUT2D eigenvalue weighted by Gasteiger charge is -2.17. The summed E-state index contributed by atoms with van der Waals surface area (Å²) in [6.45, 7) is 11.0. The SMILES string of the molecule is CCNCN[SiH2]C(C)(C)C. The van der Waals surface area contributed by atoms with Crippen LogP contribution in [0, 0.1) is 0 Å².